The summed E-state index contributed by atoms with van der Waals surface area (Å²) in [7, 11) is 2.15. The molecule has 0 unspecified atom stereocenters. The summed E-state index contributed by atoms with van der Waals surface area (Å²) >= 11 is 0. The minimum atomic E-state index is 0.181. The molecule has 0 radical (unpaired) electrons. The molecule has 0 aliphatic carbocycles. The summed E-state index contributed by atoms with van der Waals surface area (Å²) in [4.78, 5) is 10.8. The molecule has 0 saturated carbocycles. The first-order valence-electron chi connectivity index (χ1n) is 8.97. The van der Waals surface area contributed by atoms with Crippen LogP contribution in [0.2, 0.25) is 0 Å². The van der Waals surface area contributed by atoms with Crippen LogP contribution in [0.1, 0.15) is 18.4 Å². The minimum absolute atomic E-state index is 0.181. The standard InChI is InChI=1S/C20H23N5O/c1-14-4-3-5-15(12-14)19-18(17-6-9-21-13-22-17)20(24-23-19)26-16-7-10-25(2)11-8-16/h3-6,9,12-13,16H,7-8,10-11H2,1-2H3,(H,23,24). The Morgan fingerprint density at radius 2 is 2.04 bits per heavy atom. The number of rotatable bonds is 4. The Bertz CT molecular complexity index is 869. The van der Waals surface area contributed by atoms with Crippen molar-refractivity contribution in [3.8, 4) is 28.4 Å². The number of aromatic nitrogens is 4. The lowest BCUT2D eigenvalue weighted by molar-refractivity contribution is 0.110. The number of likely N-dealkylation sites (tertiary alicyclic amines) is 1. The van der Waals surface area contributed by atoms with Gasteiger partial charge in [-0.05, 0) is 38.9 Å². The van der Waals surface area contributed by atoms with E-state index in [-0.39, 0.29) is 6.10 Å². The van der Waals surface area contributed by atoms with Crippen LogP contribution in [-0.4, -0.2) is 51.3 Å². The molecule has 0 amide bonds. The van der Waals surface area contributed by atoms with Crippen LogP contribution in [0, 0.1) is 6.92 Å². The predicted molar refractivity (Wildman–Crippen MR) is 101 cm³/mol. The second-order valence-electron chi connectivity index (χ2n) is 6.86. The van der Waals surface area contributed by atoms with Crippen LogP contribution in [0.3, 0.4) is 0 Å². The molecule has 4 rings (SSSR count). The van der Waals surface area contributed by atoms with Gasteiger partial charge in [0.05, 0.1) is 17.0 Å². The SMILES string of the molecule is Cc1cccc(-c2[nH]nc(OC3CCN(C)CC3)c2-c2ccncn2)c1. The summed E-state index contributed by atoms with van der Waals surface area (Å²) < 4.78 is 6.29. The molecule has 6 heteroatoms. The molecule has 1 saturated heterocycles. The second-order valence-corrected chi connectivity index (χ2v) is 6.86. The van der Waals surface area contributed by atoms with E-state index in [1.165, 1.54) is 5.56 Å². The molecule has 1 aliphatic rings. The molecule has 2 aromatic heterocycles. The van der Waals surface area contributed by atoms with Crippen molar-refractivity contribution in [2.45, 2.75) is 25.9 Å². The Morgan fingerprint density at radius 3 is 2.77 bits per heavy atom. The second kappa shape index (κ2) is 7.25. The lowest BCUT2D eigenvalue weighted by Crippen LogP contribution is -2.35. The van der Waals surface area contributed by atoms with Crippen LogP contribution in [0.25, 0.3) is 22.5 Å². The summed E-state index contributed by atoms with van der Waals surface area (Å²) in [5.41, 5.74) is 4.91. The van der Waals surface area contributed by atoms with Crippen LogP contribution in [0.15, 0.2) is 42.9 Å². The van der Waals surface area contributed by atoms with Crippen molar-refractivity contribution < 1.29 is 4.74 Å². The van der Waals surface area contributed by atoms with Gasteiger partial charge in [0.15, 0.2) is 0 Å². The van der Waals surface area contributed by atoms with Crippen molar-refractivity contribution in [3.63, 3.8) is 0 Å². The largest absolute Gasteiger partial charge is 0.473 e. The monoisotopic (exact) mass is 349 g/mol. The minimum Gasteiger partial charge on any atom is -0.473 e. The molecule has 1 fully saturated rings. The highest BCUT2D eigenvalue weighted by Crippen LogP contribution is 2.37. The van der Waals surface area contributed by atoms with Gasteiger partial charge in [-0.15, -0.1) is 5.10 Å². The fourth-order valence-electron chi connectivity index (χ4n) is 3.36. The van der Waals surface area contributed by atoms with E-state index in [9.17, 15) is 0 Å². The number of piperidine rings is 1. The topological polar surface area (TPSA) is 66.9 Å². The molecule has 1 aromatic carbocycles. The lowest BCUT2D eigenvalue weighted by atomic mass is 10.0. The average Bonchev–Trinajstić information content (AvgIpc) is 3.08. The summed E-state index contributed by atoms with van der Waals surface area (Å²) in [5, 5.41) is 7.66. The van der Waals surface area contributed by atoms with E-state index in [0.717, 1.165) is 48.4 Å². The van der Waals surface area contributed by atoms with Crippen LogP contribution in [0.4, 0.5) is 0 Å². The van der Waals surface area contributed by atoms with E-state index in [0.29, 0.717) is 5.88 Å². The third-order valence-electron chi connectivity index (χ3n) is 4.82. The van der Waals surface area contributed by atoms with Gasteiger partial charge in [0, 0.05) is 24.8 Å². The normalized spacial score (nSPS) is 15.9. The molecule has 1 N–H and O–H groups in total. The Hall–Kier alpha value is -2.73. The predicted octanol–water partition coefficient (Wildman–Crippen LogP) is 3.32. The number of nitrogens with zero attached hydrogens (tertiary/aromatic N) is 4. The van der Waals surface area contributed by atoms with E-state index >= 15 is 0 Å². The number of ether oxygens (including phenoxy) is 1. The maximum absolute atomic E-state index is 6.29. The quantitative estimate of drug-likeness (QED) is 0.783. The maximum Gasteiger partial charge on any atom is 0.243 e. The Kier molecular flexibility index (Phi) is 4.67. The molecule has 134 valence electrons. The average molecular weight is 349 g/mol. The smallest absolute Gasteiger partial charge is 0.243 e. The molecule has 1 aliphatic heterocycles. The van der Waals surface area contributed by atoms with Crippen LogP contribution >= 0.6 is 0 Å². The highest BCUT2D eigenvalue weighted by Gasteiger charge is 2.24. The number of aryl methyl sites for hydroxylation is 1. The number of hydrogen-bond acceptors (Lipinski definition) is 5. The van der Waals surface area contributed by atoms with E-state index in [2.05, 4.69) is 57.2 Å². The lowest BCUT2D eigenvalue weighted by Gasteiger charge is -2.28. The zero-order valence-corrected chi connectivity index (χ0v) is 15.1. The Morgan fingerprint density at radius 1 is 1.19 bits per heavy atom. The van der Waals surface area contributed by atoms with Gasteiger partial charge in [-0.25, -0.2) is 9.97 Å². The number of hydrogen-bond donors (Lipinski definition) is 1. The highest BCUT2D eigenvalue weighted by atomic mass is 16.5. The fraction of sp³-hybridized carbons (Fsp3) is 0.350. The number of aromatic amines is 1. The van der Waals surface area contributed by atoms with Gasteiger partial charge >= 0.3 is 0 Å². The molecule has 26 heavy (non-hydrogen) atoms. The molecule has 0 bridgehead atoms. The number of nitrogens with one attached hydrogen (secondary N) is 1. The zero-order valence-electron chi connectivity index (χ0n) is 15.1. The molecule has 0 spiro atoms. The molecular weight excluding hydrogens is 326 g/mol. The molecule has 0 atom stereocenters. The molecule has 3 heterocycles. The van der Waals surface area contributed by atoms with E-state index < -0.39 is 0 Å². The third-order valence-corrected chi connectivity index (χ3v) is 4.82. The van der Waals surface area contributed by atoms with Gasteiger partial charge in [-0.2, -0.15) is 0 Å². The van der Waals surface area contributed by atoms with Gasteiger partial charge in [0.25, 0.3) is 0 Å². The summed E-state index contributed by atoms with van der Waals surface area (Å²) in [5.74, 6) is 0.620. The van der Waals surface area contributed by atoms with Crippen molar-refractivity contribution in [3.05, 3.63) is 48.4 Å². The number of H-pyrrole nitrogens is 1. The first kappa shape index (κ1) is 16.7. The van der Waals surface area contributed by atoms with Gasteiger partial charge in [-0.1, -0.05) is 23.8 Å². The van der Waals surface area contributed by atoms with Gasteiger partial charge in [-0.3, -0.25) is 5.10 Å². The summed E-state index contributed by atoms with van der Waals surface area (Å²) in [6.45, 7) is 4.17. The van der Waals surface area contributed by atoms with Crippen LogP contribution in [-0.2, 0) is 0 Å². The van der Waals surface area contributed by atoms with E-state index in [4.69, 9.17) is 4.74 Å². The molecule has 3 aromatic rings. The van der Waals surface area contributed by atoms with Crippen molar-refractivity contribution >= 4 is 0 Å². The van der Waals surface area contributed by atoms with Crippen molar-refractivity contribution in [2.24, 2.45) is 0 Å². The van der Waals surface area contributed by atoms with Gasteiger partial charge in [0.2, 0.25) is 5.88 Å². The van der Waals surface area contributed by atoms with E-state index in [1.807, 2.05) is 12.1 Å². The van der Waals surface area contributed by atoms with Crippen molar-refractivity contribution in [2.75, 3.05) is 20.1 Å². The Labute approximate surface area is 153 Å². The van der Waals surface area contributed by atoms with Crippen molar-refractivity contribution in [1.82, 2.24) is 25.1 Å². The first-order chi connectivity index (χ1) is 12.7. The fourth-order valence-corrected chi connectivity index (χ4v) is 3.36. The van der Waals surface area contributed by atoms with Crippen molar-refractivity contribution in [1.29, 1.82) is 0 Å². The number of benzene rings is 1. The first-order valence-corrected chi connectivity index (χ1v) is 8.97. The van der Waals surface area contributed by atoms with E-state index in [1.54, 1.807) is 12.5 Å². The Balaban J connectivity index is 1.72. The zero-order chi connectivity index (χ0) is 17.9. The molecular formula is C20H23N5O. The van der Waals surface area contributed by atoms with Crippen LogP contribution < -0.4 is 4.74 Å². The summed E-state index contributed by atoms with van der Waals surface area (Å²) in [6, 6.07) is 10.2. The third kappa shape index (κ3) is 3.46. The highest BCUT2D eigenvalue weighted by molar-refractivity contribution is 5.82. The maximum atomic E-state index is 6.29. The van der Waals surface area contributed by atoms with Crippen LogP contribution in [0.5, 0.6) is 5.88 Å². The molecule has 6 nitrogen and oxygen atoms in total. The summed E-state index contributed by atoms with van der Waals surface area (Å²) in [6.07, 6.45) is 5.50. The van der Waals surface area contributed by atoms with Gasteiger partial charge < -0.3 is 9.64 Å². The van der Waals surface area contributed by atoms with Gasteiger partial charge in [0.1, 0.15) is 12.4 Å².